The van der Waals surface area contributed by atoms with E-state index in [1.54, 1.807) is 24.3 Å². The van der Waals surface area contributed by atoms with Crippen molar-refractivity contribution < 1.29 is 13.2 Å². The van der Waals surface area contributed by atoms with Crippen molar-refractivity contribution in [3.05, 3.63) is 46.2 Å². The lowest BCUT2D eigenvalue weighted by Gasteiger charge is -2.26. The summed E-state index contributed by atoms with van der Waals surface area (Å²) in [4.78, 5) is 23.3. The molecule has 1 aliphatic rings. The van der Waals surface area contributed by atoms with Crippen molar-refractivity contribution in [3.8, 4) is 0 Å². The molecule has 0 bridgehead atoms. The number of sulfonamides is 1. The second-order valence-electron chi connectivity index (χ2n) is 7.51. The Bertz CT molecular complexity index is 1230. The van der Waals surface area contributed by atoms with Gasteiger partial charge in [-0.3, -0.25) is 4.79 Å². The highest BCUT2D eigenvalue weighted by atomic mass is 32.2. The number of benzene rings is 1. The number of anilines is 1. The average molecular weight is 445 g/mol. The van der Waals surface area contributed by atoms with Crippen molar-refractivity contribution in [2.45, 2.75) is 44.9 Å². The molecule has 0 radical (unpaired) electrons. The van der Waals surface area contributed by atoms with Crippen LogP contribution < -0.4 is 5.32 Å². The van der Waals surface area contributed by atoms with Crippen molar-refractivity contribution in [3.63, 3.8) is 0 Å². The average Bonchev–Trinajstić information content (AvgIpc) is 3.05. The SMILES string of the molecule is Cc1nc(C)c2c(C)c(C(=O)Nc3ccccc3S(=O)(=O)N3CCCCC3)sc2n1. The zero-order valence-electron chi connectivity index (χ0n) is 17.2. The van der Waals surface area contributed by atoms with Crippen LogP contribution in [0.5, 0.6) is 0 Å². The van der Waals surface area contributed by atoms with E-state index in [0.717, 1.165) is 40.7 Å². The fourth-order valence-electron chi connectivity index (χ4n) is 3.91. The van der Waals surface area contributed by atoms with Crippen LogP contribution in [0, 0.1) is 20.8 Å². The number of fused-ring (bicyclic) bond motifs is 1. The fraction of sp³-hybridized carbons (Fsp3) is 0.381. The Morgan fingerprint density at radius 3 is 2.50 bits per heavy atom. The normalized spacial score (nSPS) is 15.4. The third-order valence-corrected chi connectivity index (χ3v) is 8.50. The number of aryl methyl sites for hydroxylation is 3. The lowest BCUT2D eigenvalue weighted by molar-refractivity contribution is 0.103. The van der Waals surface area contributed by atoms with Crippen molar-refractivity contribution >= 4 is 43.2 Å². The Morgan fingerprint density at radius 1 is 1.07 bits per heavy atom. The first-order valence-corrected chi connectivity index (χ1v) is 12.2. The Labute approximate surface area is 180 Å². The number of hydrogen-bond donors (Lipinski definition) is 1. The third-order valence-electron chi connectivity index (χ3n) is 5.36. The van der Waals surface area contributed by atoms with Crippen LogP contribution >= 0.6 is 11.3 Å². The predicted molar refractivity (Wildman–Crippen MR) is 119 cm³/mol. The minimum atomic E-state index is -3.67. The molecule has 1 amide bonds. The molecule has 0 unspecified atom stereocenters. The maximum Gasteiger partial charge on any atom is 0.266 e. The highest BCUT2D eigenvalue weighted by molar-refractivity contribution is 7.89. The first-order chi connectivity index (χ1) is 14.3. The van der Waals surface area contributed by atoms with Gasteiger partial charge in [0.15, 0.2) is 0 Å². The monoisotopic (exact) mass is 444 g/mol. The molecule has 7 nitrogen and oxygen atoms in total. The van der Waals surface area contributed by atoms with E-state index in [-0.39, 0.29) is 10.8 Å². The topological polar surface area (TPSA) is 92.3 Å². The molecule has 1 saturated heterocycles. The lowest BCUT2D eigenvalue weighted by atomic mass is 10.1. The molecular weight excluding hydrogens is 420 g/mol. The molecule has 4 rings (SSSR count). The minimum Gasteiger partial charge on any atom is -0.320 e. The molecule has 1 aromatic carbocycles. The van der Waals surface area contributed by atoms with Crippen LogP contribution in [0.2, 0.25) is 0 Å². The van der Waals surface area contributed by atoms with E-state index >= 15 is 0 Å². The Balaban J connectivity index is 1.69. The summed E-state index contributed by atoms with van der Waals surface area (Å²) in [5.41, 5.74) is 1.93. The summed E-state index contributed by atoms with van der Waals surface area (Å²) in [5.74, 6) is 0.319. The molecule has 0 atom stereocenters. The molecule has 1 N–H and O–H groups in total. The van der Waals surface area contributed by atoms with Crippen molar-refractivity contribution in [1.29, 1.82) is 0 Å². The molecule has 158 valence electrons. The molecule has 3 heterocycles. The number of piperidine rings is 1. The van der Waals surface area contributed by atoms with Gasteiger partial charge in [0.25, 0.3) is 5.91 Å². The number of amides is 1. The number of aromatic nitrogens is 2. The van der Waals surface area contributed by atoms with E-state index in [1.807, 2.05) is 20.8 Å². The van der Waals surface area contributed by atoms with Crippen LogP contribution in [0.4, 0.5) is 5.69 Å². The second-order valence-corrected chi connectivity index (χ2v) is 10.4. The summed E-state index contributed by atoms with van der Waals surface area (Å²) < 4.78 is 27.9. The summed E-state index contributed by atoms with van der Waals surface area (Å²) in [7, 11) is -3.67. The molecule has 0 aliphatic carbocycles. The molecule has 1 aliphatic heterocycles. The van der Waals surface area contributed by atoms with Gasteiger partial charge in [-0.15, -0.1) is 11.3 Å². The number of carbonyl (C=O) groups excluding carboxylic acids is 1. The summed E-state index contributed by atoms with van der Waals surface area (Å²) >= 11 is 1.30. The lowest BCUT2D eigenvalue weighted by Crippen LogP contribution is -2.36. The zero-order chi connectivity index (χ0) is 21.5. The molecule has 1 fully saturated rings. The van der Waals surface area contributed by atoms with E-state index in [2.05, 4.69) is 15.3 Å². The Hall–Kier alpha value is -2.36. The van der Waals surface area contributed by atoms with Crippen LogP contribution in [-0.4, -0.2) is 41.7 Å². The number of thiophene rings is 1. The molecule has 9 heteroatoms. The van der Waals surface area contributed by atoms with Crippen LogP contribution in [0.15, 0.2) is 29.2 Å². The standard InChI is InChI=1S/C21H24N4O3S2/c1-13-18-14(2)22-15(3)23-21(18)29-19(13)20(26)24-16-9-5-6-10-17(16)30(27,28)25-11-7-4-8-12-25/h5-6,9-10H,4,7-8,11-12H2,1-3H3,(H,24,26). The highest BCUT2D eigenvalue weighted by Gasteiger charge is 2.29. The van der Waals surface area contributed by atoms with E-state index in [4.69, 9.17) is 0 Å². The van der Waals surface area contributed by atoms with Gasteiger partial charge in [-0.05, 0) is 51.3 Å². The van der Waals surface area contributed by atoms with Gasteiger partial charge in [0.2, 0.25) is 10.0 Å². The number of nitrogens with one attached hydrogen (secondary N) is 1. The molecule has 2 aromatic heterocycles. The summed E-state index contributed by atoms with van der Waals surface area (Å²) in [6.45, 7) is 6.62. The highest BCUT2D eigenvalue weighted by Crippen LogP contribution is 2.33. The maximum atomic E-state index is 13.2. The van der Waals surface area contributed by atoms with Crippen LogP contribution in [-0.2, 0) is 10.0 Å². The van der Waals surface area contributed by atoms with Crippen LogP contribution in [0.25, 0.3) is 10.2 Å². The van der Waals surface area contributed by atoms with Gasteiger partial charge in [0, 0.05) is 24.2 Å². The molecule has 3 aromatic rings. The smallest absolute Gasteiger partial charge is 0.266 e. The predicted octanol–water partition coefficient (Wildman–Crippen LogP) is 4.04. The largest absolute Gasteiger partial charge is 0.320 e. The Morgan fingerprint density at radius 2 is 1.77 bits per heavy atom. The minimum absolute atomic E-state index is 0.130. The first kappa shape index (κ1) is 20.9. The van der Waals surface area contributed by atoms with Gasteiger partial charge >= 0.3 is 0 Å². The van der Waals surface area contributed by atoms with E-state index in [0.29, 0.717) is 29.5 Å². The van der Waals surface area contributed by atoms with Gasteiger partial charge < -0.3 is 5.32 Å². The van der Waals surface area contributed by atoms with Crippen molar-refractivity contribution in [2.24, 2.45) is 0 Å². The van der Waals surface area contributed by atoms with Gasteiger partial charge in [-0.25, -0.2) is 18.4 Å². The molecular formula is C21H24N4O3S2. The maximum absolute atomic E-state index is 13.2. The summed E-state index contributed by atoms with van der Waals surface area (Å²) in [5, 5.41) is 3.70. The molecule has 0 spiro atoms. The summed E-state index contributed by atoms with van der Waals surface area (Å²) in [6.07, 6.45) is 2.75. The molecule has 0 saturated carbocycles. The van der Waals surface area contributed by atoms with Gasteiger partial charge in [0.1, 0.15) is 15.6 Å². The van der Waals surface area contributed by atoms with Gasteiger partial charge in [-0.2, -0.15) is 4.31 Å². The molecule has 30 heavy (non-hydrogen) atoms. The van der Waals surface area contributed by atoms with Crippen molar-refractivity contribution in [2.75, 3.05) is 18.4 Å². The number of para-hydroxylation sites is 1. The quantitative estimate of drug-likeness (QED) is 0.656. The second kappa shape index (κ2) is 8.05. The third kappa shape index (κ3) is 3.73. The Kier molecular flexibility index (Phi) is 5.61. The number of hydrogen-bond acceptors (Lipinski definition) is 6. The summed E-state index contributed by atoms with van der Waals surface area (Å²) in [6, 6.07) is 6.59. The van der Waals surface area contributed by atoms with Gasteiger partial charge in [0.05, 0.1) is 10.6 Å². The van der Waals surface area contributed by atoms with Crippen LogP contribution in [0.1, 0.15) is 46.0 Å². The van der Waals surface area contributed by atoms with E-state index < -0.39 is 10.0 Å². The zero-order valence-corrected chi connectivity index (χ0v) is 18.9. The van der Waals surface area contributed by atoms with Gasteiger partial charge in [-0.1, -0.05) is 18.6 Å². The fourth-order valence-corrected chi connectivity index (χ4v) is 6.75. The number of carbonyl (C=O) groups is 1. The number of nitrogens with zero attached hydrogens (tertiary/aromatic N) is 3. The van der Waals surface area contributed by atoms with Crippen LogP contribution in [0.3, 0.4) is 0 Å². The number of rotatable bonds is 4. The van der Waals surface area contributed by atoms with E-state index in [9.17, 15) is 13.2 Å². The van der Waals surface area contributed by atoms with E-state index in [1.165, 1.54) is 15.6 Å². The van der Waals surface area contributed by atoms with Crippen molar-refractivity contribution in [1.82, 2.24) is 14.3 Å². The first-order valence-electron chi connectivity index (χ1n) is 9.94.